The highest BCUT2D eigenvalue weighted by Crippen LogP contribution is 2.23. The molecule has 3 heterocycles. The molecular formula is C17H29N3OS. The smallest absolute Gasteiger partial charge is 0.107 e. The summed E-state index contributed by atoms with van der Waals surface area (Å²) in [6, 6.07) is 0. The minimum Gasteiger partial charge on any atom is -0.373 e. The predicted octanol–water partition coefficient (Wildman–Crippen LogP) is 2.85. The summed E-state index contributed by atoms with van der Waals surface area (Å²) in [4.78, 5) is 9.56. The molecule has 2 aliphatic rings. The molecule has 22 heavy (non-hydrogen) atoms. The lowest BCUT2D eigenvalue weighted by atomic mass is 9.93. The maximum Gasteiger partial charge on any atom is 0.107 e. The van der Waals surface area contributed by atoms with Gasteiger partial charge in [0.25, 0.3) is 0 Å². The minimum atomic E-state index is 0.392. The van der Waals surface area contributed by atoms with Crippen LogP contribution in [0.1, 0.15) is 38.1 Å². The van der Waals surface area contributed by atoms with Crippen molar-refractivity contribution in [3.05, 3.63) is 16.6 Å². The molecule has 5 heteroatoms. The first-order valence-corrected chi connectivity index (χ1v) is 9.55. The Balaban J connectivity index is 1.35. The Hall–Kier alpha value is -0.490. The third-order valence-electron chi connectivity index (χ3n) is 4.90. The molecule has 0 amide bonds. The molecule has 0 unspecified atom stereocenters. The van der Waals surface area contributed by atoms with E-state index >= 15 is 0 Å². The lowest BCUT2D eigenvalue weighted by molar-refractivity contribution is -0.0693. The van der Waals surface area contributed by atoms with Crippen LogP contribution < -0.4 is 0 Å². The van der Waals surface area contributed by atoms with Gasteiger partial charge in [0.15, 0.2) is 0 Å². The lowest BCUT2D eigenvalue weighted by Gasteiger charge is -2.37. The molecule has 2 atom stereocenters. The summed E-state index contributed by atoms with van der Waals surface area (Å²) in [5, 5.41) is 3.33. The monoisotopic (exact) mass is 323 g/mol. The van der Waals surface area contributed by atoms with Crippen LogP contribution in [0, 0.1) is 5.92 Å². The summed E-state index contributed by atoms with van der Waals surface area (Å²) < 4.78 is 5.82. The average Bonchev–Trinajstić information content (AvgIpc) is 2.98. The number of ether oxygens (including phenoxy) is 1. The Labute approximate surface area is 138 Å². The van der Waals surface area contributed by atoms with Crippen LogP contribution in [-0.2, 0) is 11.3 Å². The van der Waals surface area contributed by atoms with Gasteiger partial charge in [-0.15, -0.1) is 11.3 Å². The number of morpholine rings is 1. The molecule has 0 spiro atoms. The third-order valence-corrected chi connectivity index (χ3v) is 5.66. The quantitative estimate of drug-likeness (QED) is 0.833. The standard InChI is InChI=1S/C17H29N3OS/c1-14-11-20(12-15(2)21-14)9-5-16-3-7-19(8-4-16)13-17-18-6-10-22-17/h6,10,14-16H,3-5,7-9,11-13H2,1-2H3/t14-,15-/m0/s1. The van der Waals surface area contributed by atoms with Crippen molar-refractivity contribution in [1.82, 2.24) is 14.8 Å². The fourth-order valence-electron chi connectivity index (χ4n) is 3.79. The van der Waals surface area contributed by atoms with E-state index in [2.05, 4.69) is 34.0 Å². The Bertz CT molecular complexity index is 421. The summed E-state index contributed by atoms with van der Waals surface area (Å²) in [5.41, 5.74) is 0. The molecular weight excluding hydrogens is 294 g/mol. The maximum absolute atomic E-state index is 5.82. The Morgan fingerprint density at radius 1 is 1.18 bits per heavy atom. The van der Waals surface area contributed by atoms with Gasteiger partial charge in [-0.2, -0.15) is 0 Å². The number of nitrogens with zero attached hydrogens (tertiary/aromatic N) is 3. The number of hydrogen-bond acceptors (Lipinski definition) is 5. The van der Waals surface area contributed by atoms with E-state index in [4.69, 9.17) is 4.74 Å². The first kappa shape index (κ1) is 16.4. The van der Waals surface area contributed by atoms with Crippen molar-refractivity contribution in [3.8, 4) is 0 Å². The molecule has 1 aromatic rings. The number of rotatable bonds is 5. The highest BCUT2D eigenvalue weighted by Gasteiger charge is 2.24. The van der Waals surface area contributed by atoms with E-state index in [0.29, 0.717) is 12.2 Å². The highest BCUT2D eigenvalue weighted by molar-refractivity contribution is 7.09. The SMILES string of the molecule is C[C@H]1CN(CCC2CCN(Cc3nccs3)CC2)C[C@H](C)O1. The lowest BCUT2D eigenvalue weighted by Crippen LogP contribution is -2.46. The average molecular weight is 324 g/mol. The normalized spacial score (nSPS) is 29.0. The molecule has 0 bridgehead atoms. The molecule has 124 valence electrons. The summed E-state index contributed by atoms with van der Waals surface area (Å²) in [7, 11) is 0. The van der Waals surface area contributed by atoms with Crippen molar-refractivity contribution >= 4 is 11.3 Å². The number of aromatic nitrogens is 1. The second-order valence-electron chi connectivity index (χ2n) is 6.95. The molecule has 0 aromatic carbocycles. The number of hydrogen-bond donors (Lipinski definition) is 0. The summed E-state index contributed by atoms with van der Waals surface area (Å²) in [6.45, 7) is 11.4. The fourth-order valence-corrected chi connectivity index (χ4v) is 4.45. The van der Waals surface area contributed by atoms with E-state index in [-0.39, 0.29) is 0 Å². The van der Waals surface area contributed by atoms with Crippen molar-refractivity contribution in [2.45, 2.75) is 51.9 Å². The van der Waals surface area contributed by atoms with E-state index in [0.717, 1.165) is 25.6 Å². The zero-order chi connectivity index (χ0) is 15.4. The van der Waals surface area contributed by atoms with Gasteiger partial charge < -0.3 is 4.74 Å². The van der Waals surface area contributed by atoms with Crippen LogP contribution in [0.5, 0.6) is 0 Å². The summed E-state index contributed by atoms with van der Waals surface area (Å²) in [6.07, 6.45) is 6.75. The Kier molecular flexibility index (Phi) is 5.85. The molecule has 0 aliphatic carbocycles. The number of likely N-dealkylation sites (tertiary alicyclic amines) is 1. The van der Waals surface area contributed by atoms with Gasteiger partial charge in [-0.25, -0.2) is 4.98 Å². The fraction of sp³-hybridized carbons (Fsp3) is 0.824. The first-order chi connectivity index (χ1) is 10.7. The maximum atomic E-state index is 5.82. The van der Waals surface area contributed by atoms with E-state index in [1.54, 1.807) is 11.3 Å². The van der Waals surface area contributed by atoms with Crippen LogP contribution in [0.2, 0.25) is 0 Å². The van der Waals surface area contributed by atoms with Crippen LogP contribution in [-0.4, -0.2) is 59.7 Å². The van der Waals surface area contributed by atoms with Crippen molar-refractivity contribution < 1.29 is 4.74 Å². The largest absolute Gasteiger partial charge is 0.373 e. The molecule has 0 radical (unpaired) electrons. The topological polar surface area (TPSA) is 28.6 Å². The van der Waals surface area contributed by atoms with Crippen LogP contribution in [0.25, 0.3) is 0 Å². The van der Waals surface area contributed by atoms with Gasteiger partial charge in [0.2, 0.25) is 0 Å². The predicted molar refractivity (Wildman–Crippen MR) is 91.2 cm³/mol. The van der Waals surface area contributed by atoms with Crippen molar-refractivity contribution in [3.63, 3.8) is 0 Å². The third kappa shape index (κ3) is 4.75. The molecule has 2 fully saturated rings. The summed E-state index contributed by atoms with van der Waals surface area (Å²) in [5.74, 6) is 0.904. The van der Waals surface area contributed by atoms with E-state index < -0.39 is 0 Å². The number of thiazole rings is 1. The Morgan fingerprint density at radius 2 is 1.91 bits per heavy atom. The highest BCUT2D eigenvalue weighted by atomic mass is 32.1. The van der Waals surface area contributed by atoms with Crippen molar-refractivity contribution in [2.75, 3.05) is 32.7 Å². The van der Waals surface area contributed by atoms with Crippen molar-refractivity contribution in [2.24, 2.45) is 5.92 Å². The van der Waals surface area contributed by atoms with Gasteiger partial charge in [-0.1, -0.05) is 0 Å². The van der Waals surface area contributed by atoms with E-state index in [1.807, 2.05) is 6.20 Å². The van der Waals surface area contributed by atoms with Crippen molar-refractivity contribution in [1.29, 1.82) is 0 Å². The van der Waals surface area contributed by atoms with E-state index in [9.17, 15) is 0 Å². The molecule has 4 nitrogen and oxygen atoms in total. The summed E-state index contributed by atoms with van der Waals surface area (Å²) >= 11 is 1.78. The van der Waals surface area contributed by atoms with Gasteiger partial charge >= 0.3 is 0 Å². The van der Waals surface area contributed by atoms with Gasteiger partial charge in [0.1, 0.15) is 5.01 Å². The van der Waals surface area contributed by atoms with E-state index in [1.165, 1.54) is 43.9 Å². The molecule has 0 saturated carbocycles. The molecule has 3 rings (SSSR count). The van der Waals surface area contributed by atoms with Gasteiger partial charge in [0, 0.05) is 24.7 Å². The van der Waals surface area contributed by atoms with Crippen LogP contribution in [0.3, 0.4) is 0 Å². The second kappa shape index (κ2) is 7.86. The first-order valence-electron chi connectivity index (χ1n) is 8.67. The minimum absolute atomic E-state index is 0.392. The Morgan fingerprint density at radius 3 is 2.55 bits per heavy atom. The van der Waals surface area contributed by atoms with Crippen LogP contribution in [0.4, 0.5) is 0 Å². The van der Waals surface area contributed by atoms with Gasteiger partial charge in [-0.3, -0.25) is 9.80 Å². The van der Waals surface area contributed by atoms with Gasteiger partial charge in [-0.05, 0) is 58.7 Å². The van der Waals surface area contributed by atoms with Crippen LogP contribution in [0.15, 0.2) is 11.6 Å². The number of piperidine rings is 1. The molecule has 1 aromatic heterocycles. The second-order valence-corrected chi connectivity index (χ2v) is 7.93. The molecule has 2 saturated heterocycles. The van der Waals surface area contributed by atoms with Gasteiger partial charge in [0.05, 0.1) is 18.8 Å². The van der Waals surface area contributed by atoms with Crippen LogP contribution >= 0.6 is 11.3 Å². The molecule has 0 N–H and O–H groups in total. The zero-order valence-electron chi connectivity index (χ0n) is 13.9. The molecule has 2 aliphatic heterocycles. The zero-order valence-corrected chi connectivity index (χ0v) is 14.7.